The number of halogens is 1. The van der Waals surface area contributed by atoms with E-state index in [1.165, 1.54) is 12.3 Å². The second kappa shape index (κ2) is 4.46. The maximum absolute atomic E-state index is 13.2. The van der Waals surface area contributed by atoms with Gasteiger partial charge in [-0.25, -0.2) is 9.37 Å². The zero-order valence-electron chi connectivity index (χ0n) is 9.94. The molecule has 0 unspecified atom stereocenters. The number of benzene rings is 1. The van der Waals surface area contributed by atoms with Crippen LogP contribution in [0.25, 0.3) is 11.0 Å². The first-order valence-corrected chi connectivity index (χ1v) is 5.72. The summed E-state index contributed by atoms with van der Waals surface area (Å²) in [7, 11) is 0. The van der Waals surface area contributed by atoms with Crippen LogP contribution in [0.5, 0.6) is 0 Å². The highest BCUT2D eigenvalue weighted by Crippen LogP contribution is 2.25. The first-order chi connectivity index (χ1) is 9.26. The van der Waals surface area contributed by atoms with Crippen molar-refractivity contribution in [2.24, 2.45) is 0 Å². The van der Waals surface area contributed by atoms with E-state index in [2.05, 4.69) is 21.2 Å². The molecule has 3 nitrogen and oxygen atoms in total. The zero-order valence-corrected chi connectivity index (χ0v) is 9.94. The highest BCUT2D eigenvalue weighted by atomic mass is 19.1. The Morgan fingerprint density at radius 3 is 2.79 bits per heavy atom. The molecule has 0 radical (unpaired) electrons. The molecule has 2 heterocycles. The topological polar surface area (TPSA) is 40.7 Å². The molecule has 0 aliphatic rings. The van der Waals surface area contributed by atoms with Gasteiger partial charge >= 0.3 is 0 Å². The molecule has 0 fully saturated rings. The molecule has 0 amide bonds. The lowest BCUT2D eigenvalue weighted by Gasteiger charge is -2.04. The lowest BCUT2D eigenvalue weighted by Crippen LogP contribution is -1.89. The van der Waals surface area contributed by atoms with Crippen molar-refractivity contribution in [3.8, 4) is 12.3 Å². The van der Waals surface area contributed by atoms with Gasteiger partial charge in [0.15, 0.2) is 0 Å². The van der Waals surface area contributed by atoms with E-state index in [-0.39, 0.29) is 5.82 Å². The molecule has 0 aliphatic heterocycles. The number of fused-ring (bicyclic) bond motifs is 1. The van der Waals surface area contributed by atoms with Crippen LogP contribution in [-0.2, 0) is 0 Å². The van der Waals surface area contributed by atoms with Gasteiger partial charge in [0.25, 0.3) is 0 Å². The molecule has 3 rings (SSSR count). The van der Waals surface area contributed by atoms with E-state index < -0.39 is 0 Å². The monoisotopic (exact) mass is 251 g/mol. The molecule has 0 spiro atoms. The predicted molar refractivity (Wildman–Crippen MR) is 73.7 cm³/mol. The Kier molecular flexibility index (Phi) is 2.66. The Hall–Kier alpha value is -2.80. The summed E-state index contributed by atoms with van der Waals surface area (Å²) in [5.41, 5.74) is 3.11. The molecule has 2 aromatic heterocycles. The molecule has 0 aliphatic carbocycles. The van der Waals surface area contributed by atoms with Crippen molar-refractivity contribution in [1.82, 2.24) is 9.97 Å². The number of nitrogens with one attached hydrogen (secondary N) is 2. The van der Waals surface area contributed by atoms with Gasteiger partial charge in [0.05, 0.1) is 11.9 Å². The number of H-pyrrole nitrogens is 1. The van der Waals surface area contributed by atoms with Crippen molar-refractivity contribution < 1.29 is 4.39 Å². The van der Waals surface area contributed by atoms with E-state index in [4.69, 9.17) is 6.42 Å². The molecule has 0 atom stereocenters. The molecule has 1 aromatic carbocycles. The van der Waals surface area contributed by atoms with Crippen molar-refractivity contribution in [1.29, 1.82) is 0 Å². The summed E-state index contributed by atoms with van der Waals surface area (Å²) >= 11 is 0. The van der Waals surface area contributed by atoms with E-state index in [0.29, 0.717) is 11.0 Å². The second-order valence-corrected chi connectivity index (χ2v) is 4.10. The van der Waals surface area contributed by atoms with Crippen LogP contribution in [-0.4, -0.2) is 9.97 Å². The number of nitrogens with zero attached hydrogens (tertiary/aromatic N) is 1. The number of pyridine rings is 1. The number of aromatic nitrogens is 2. The minimum Gasteiger partial charge on any atom is -0.354 e. The van der Waals surface area contributed by atoms with Gasteiger partial charge in [0, 0.05) is 22.8 Å². The van der Waals surface area contributed by atoms with Gasteiger partial charge in [-0.05, 0) is 30.3 Å². The van der Waals surface area contributed by atoms with E-state index in [1.54, 1.807) is 6.20 Å². The normalized spacial score (nSPS) is 10.3. The summed E-state index contributed by atoms with van der Waals surface area (Å²) < 4.78 is 13.2. The SMILES string of the molecule is C#Cc1ccc(Nc2c[nH]c3ncc(F)cc23)cc1. The van der Waals surface area contributed by atoms with Crippen LogP contribution in [0.4, 0.5) is 15.8 Å². The third kappa shape index (κ3) is 2.14. The minimum atomic E-state index is -0.363. The summed E-state index contributed by atoms with van der Waals surface area (Å²) in [6.45, 7) is 0. The summed E-state index contributed by atoms with van der Waals surface area (Å²) in [5.74, 6) is 2.19. The van der Waals surface area contributed by atoms with Crippen LogP contribution < -0.4 is 5.32 Å². The van der Waals surface area contributed by atoms with E-state index in [1.807, 2.05) is 24.3 Å². The second-order valence-electron chi connectivity index (χ2n) is 4.10. The third-order valence-corrected chi connectivity index (χ3v) is 2.83. The van der Waals surface area contributed by atoms with Gasteiger partial charge in [-0.1, -0.05) is 5.92 Å². The molecule has 19 heavy (non-hydrogen) atoms. The van der Waals surface area contributed by atoms with Crippen LogP contribution in [0.1, 0.15) is 5.56 Å². The Labute approximate surface area is 109 Å². The number of anilines is 2. The molecule has 3 aromatic rings. The average molecular weight is 251 g/mol. The molecule has 0 saturated carbocycles. The summed E-state index contributed by atoms with van der Waals surface area (Å²) in [6, 6.07) is 8.88. The van der Waals surface area contributed by atoms with Gasteiger partial charge in [-0.2, -0.15) is 0 Å². The predicted octanol–water partition coefficient (Wildman–Crippen LogP) is 3.43. The van der Waals surface area contributed by atoms with Crippen molar-refractivity contribution in [2.75, 3.05) is 5.32 Å². The van der Waals surface area contributed by atoms with Crippen LogP contribution in [0.15, 0.2) is 42.7 Å². The Morgan fingerprint density at radius 1 is 1.26 bits per heavy atom. The molecule has 0 saturated heterocycles. The molecule has 2 N–H and O–H groups in total. The summed E-state index contributed by atoms with van der Waals surface area (Å²) in [5, 5.41) is 3.91. The first kappa shape index (κ1) is 11.3. The Morgan fingerprint density at radius 2 is 2.05 bits per heavy atom. The highest BCUT2D eigenvalue weighted by Gasteiger charge is 2.06. The standard InChI is InChI=1S/C15H10FN3/c1-2-10-3-5-12(6-4-10)19-14-9-18-15-13(14)7-11(16)8-17-15/h1,3-9,19H,(H,17,18). The molecule has 92 valence electrons. The Bertz CT molecular complexity index is 766. The number of rotatable bonds is 2. The molecular weight excluding hydrogens is 241 g/mol. The number of hydrogen-bond donors (Lipinski definition) is 2. The van der Waals surface area contributed by atoms with Crippen molar-refractivity contribution in [3.63, 3.8) is 0 Å². The summed E-state index contributed by atoms with van der Waals surface area (Å²) in [4.78, 5) is 6.96. The fourth-order valence-corrected chi connectivity index (χ4v) is 1.89. The van der Waals surface area contributed by atoms with Crippen LogP contribution in [0.3, 0.4) is 0 Å². The highest BCUT2D eigenvalue weighted by molar-refractivity contribution is 5.91. The van der Waals surface area contributed by atoms with Gasteiger partial charge in [-0.15, -0.1) is 6.42 Å². The van der Waals surface area contributed by atoms with Gasteiger partial charge in [0.2, 0.25) is 0 Å². The van der Waals surface area contributed by atoms with Crippen molar-refractivity contribution in [3.05, 3.63) is 54.1 Å². The Balaban J connectivity index is 1.96. The molecule has 4 heteroatoms. The molecule has 0 bridgehead atoms. The smallest absolute Gasteiger partial charge is 0.142 e. The lowest BCUT2D eigenvalue weighted by molar-refractivity contribution is 0.624. The minimum absolute atomic E-state index is 0.363. The van der Waals surface area contributed by atoms with Crippen LogP contribution >= 0.6 is 0 Å². The van der Waals surface area contributed by atoms with E-state index in [0.717, 1.165) is 16.9 Å². The summed E-state index contributed by atoms with van der Waals surface area (Å²) in [6.07, 6.45) is 8.24. The van der Waals surface area contributed by atoms with Gasteiger partial charge in [-0.3, -0.25) is 0 Å². The number of terminal acetylenes is 1. The number of hydrogen-bond acceptors (Lipinski definition) is 2. The first-order valence-electron chi connectivity index (χ1n) is 5.72. The van der Waals surface area contributed by atoms with Crippen molar-refractivity contribution in [2.45, 2.75) is 0 Å². The molecular formula is C15H10FN3. The zero-order chi connectivity index (χ0) is 13.2. The van der Waals surface area contributed by atoms with Gasteiger partial charge in [0.1, 0.15) is 11.5 Å². The maximum Gasteiger partial charge on any atom is 0.142 e. The van der Waals surface area contributed by atoms with Gasteiger partial charge < -0.3 is 10.3 Å². The van der Waals surface area contributed by atoms with Crippen molar-refractivity contribution >= 4 is 22.4 Å². The van der Waals surface area contributed by atoms with Crippen LogP contribution in [0.2, 0.25) is 0 Å². The maximum atomic E-state index is 13.2. The largest absolute Gasteiger partial charge is 0.354 e. The lowest BCUT2D eigenvalue weighted by atomic mass is 10.2. The fourth-order valence-electron chi connectivity index (χ4n) is 1.89. The van der Waals surface area contributed by atoms with E-state index in [9.17, 15) is 4.39 Å². The van der Waals surface area contributed by atoms with Crippen LogP contribution in [0, 0.1) is 18.2 Å². The fraction of sp³-hybridized carbons (Fsp3) is 0. The van der Waals surface area contributed by atoms with E-state index >= 15 is 0 Å². The number of aromatic amines is 1. The third-order valence-electron chi connectivity index (χ3n) is 2.83. The average Bonchev–Trinajstić information content (AvgIpc) is 2.82. The quantitative estimate of drug-likeness (QED) is 0.685.